The fraction of sp³-hybridized carbons (Fsp3) is 0.312. The number of hydrogen-bond donors (Lipinski definition) is 2. The number of hydrogen-bond acceptors (Lipinski definition) is 6. The first-order valence-electron chi connectivity index (χ1n) is 13.1. The molecule has 1 amide bonds. The molecule has 3 aromatic carbocycles. The van der Waals surface area contributed by atoms with E-state index in [1.54, 1.807) is 24.1 Å². The molecule has 7 heteroatoms. The zero-order valence-electron chi connectivity index (χ0n) is 23.3. The number of rotatable bonds is 11. The molecule has 0 saturated carbocycles. The van der Waals surface area contributed by atoms with Crippen molar-refractivity contribution in [2.45, 2.75) is 39.8 Å². The molecule has 0 aliphatic rings. The molecule has 0 radical (unpaired) electrons. The summed E-state index contributed by atoms with van der Waals surface area (Å²) in [6, 6.07) is 23.4. The molecule has 206 valence electrons. The molecule has 0 aliphatic heterocycles. The SMILES string of the molecule is CO.Cc1c(C(Nc2ccc(C(=O)N(C)CCC=O)cc2)C(C)C)oc2ccc(OCc3ccccc3)cc12. The number of aliphatic hydroxyl groups excluding tert-OH is 1. The summed E-state index contributed by atoms with van der Waals surface area (Å²) in [4.78, 5) is 24.7. The molecule has 4 aromatic rings. The number of ether oxygens (including phenoxy) is 1. The average Bonchev–Trinajstić information content (AvgIpc) is 3.30. The molecular weight excluding hydrogens is 492 g/mol. The maximum absolute atomic E-state index is 12.6. The first-order valence-corrected chi connectivity index (χ1v) is 13.1. The number of carbonyl (C=O) groups excluding carboxylic acids is 2. The van der Waals surface area contributed by atoms with Crippen molar-refractivity contribution in [2.75, 3.05) is 26.0 Å². The molecule has 2 N–H and O–H groups in total. The lowest BCUT2D eigenvalue weighted by Gasteiger charge is -2.23. The van der Waals surface area contributed by atoms with Crippen molar-refractivity contribution in [1.29, 1.82) is 0 Å². The van der Waals surface area contributed by atoms with Crippen LogP contribution in [0, 0.1) is 12.8 Å². The average molecular weight is 531 g/mol. The van der Waals surface area contributed by atoms with E-state index >= 15 is 0 Å². The molecule has 7 nitrogen and oxygen atoms in total. The van der Waals surface area contributed by atoms with Crippen LogP contribution in [0.3, 0.4) is 0 Å². The summed E-state index contributed by atoms with van der Waals surface area (Å²) in [5.74, 6) is 1.84. The molecule has 0 bridgehead atoms. The van der Waals surface area contributed by atoms with E-state index in [-0.39, 0.29) is 17.9 Å². The Kier molecular flexibility index (Phi) is 10.7. The van der Waals surface area contributed by atoms with Gasteiger partial charge in [0.15, 0.2) is 0 Å². The van der Waals surface area contributed by atoms with Crippen LogP contribution in [0.5, 0.6) is 5.75 Å². The van der Waals surface area contributed by atoms with Gasteiger partial charge in [0.05, 0.1) is 6.04 Å². The Balaban J connectivity index is 0.00000205. The van der Waals surface area contributed by atoms with E-state index in [1.165, 1.54) is 0 Å². The second-order valence-corrected chi connectivity index (χ2v) is 9.65. The van der Waals surface area contributed by atoms with Crippen LogP contribution in [0.4, 0.5) is 5.69 Å². The lowest BCUT2D eigenvalue weighted by molar-refractivity contribution is -0.108. The number of furan rings is 1. The van der Waals surface area contributed by atoms with Gasteiger partial charge >= 0.3 is 0 Å². The number of nitrogens with one attached hydrogen (secondary N) is 1. The molecule has 1 unspecified atom stereocenters. The number of aliphatic hydroxyl groups is 1. The van der Waals surface area contributed by atoms with Gasteiger partial charge in [-0.25, -0.2) is 0 Å². The fourth-order valence-electron chi connectivity index (χ4n) is 4.34. The summed E-state index contributed by atoms with van der Waals surface area (Å²) in [6.07, 6.45) is 1.15. The van der Waals surface area contributed by atoms with E-state index in [4.69, 9.17) is 14.3 Å². The number of aryl methyl sites for hydroxylation is 1. The lowest BCUT2D eigenvalue weighted by atomic mass is 9.97. The van der Waals surface area contributed by atoms with Gasteiger partial charge in [0.1, 0.15) is 30.0 Å². The second-order valence-electron chi connectivity index (χ2n) is 9.65. The van der Waals surface area contributed by atoms with Gasteiger partial charge in [-0.2, -0.15) is 0 Å². The molecule has 0 aliphatic carbocycles. The number of benzene rings is 3. The van der Waals surface area contributed by atoms with Gasteiger partial charge in [0.25, 0.3) is 5.91 Å². The molecule has 0 spiro atoms. The Morgan fingerprint density at radius 2 is 1.74 bits per heavy atom. The maximum Gasteiger partial charge on any atom is 0.253 e. The first kappa shape index (κ1) is 29.5. The maximum atomic E-state index is 12.6. The predicted octanol–water partition coefficient (Wildman–Crippen LogP) is 6.40. The van der Waals surface area contributed by atoms with Crippen molar-refractivity contribution in [2.24, 2.45) is 5.92 Å². The summed E-state index contributed by atoms with van der Waals surface area (Å²) >= 11 is 0. The van der Waals surface area contributed by atoms with Gasteiger partial charge in [-0.1, -0.05) is 44.2 Å². The smallest absolute Gasteiger partial charge is 0.253 e. The van der Waals surface area contributed by atoms with Gasteiger partial charge in [-0.15, -0.1) is 0 Å². The molecule has 1 atom stereocenters. The highest BCUT2D eigenvalue weighted by Crippen LogP contribution is 2.36. The Morgan fingerprint density at radius 3 is 2.38 bits per heavy atom. The van der Waals surface area contributed by atoms with Crippen molar-refractivity contribution >= 4 is 28.8 Å². The zero-order valence-corrected chi connectivity index (χ0v) is 23.3. The second kappa shape index (κ2) is 14.2. The molecule has 1 heterocycles. The summed E-state index contributed by atoms with van der Waals surface area (Å²) in [5, 5.41) is 11.6. The van der Waals surface area contributed by atoms with E-state index in [9.17, 15) is 9.59 Å². The third-order valence-electron chi connectivity index (χ3n) is 6.53. The molecule has 39 heavy (non-hydrogen) atoms. The van der Waals surface area contributed by atoms with Gasteiger partial charge in [-0.3, -0.25) is 4.79 Å². The van der Waals surface area contributed by atoms with Crippen molar-refractivity contribution in [1.82, 2.24) is 4.90 Å². The van der Waals surface area contributed by atoms with E-state index in [0.29, 0.717) is 25.1 Å². The minimum absolute atomic E-state index is 0.0575. The number of amides is 1. The highest BCUT2D eigenvalue weighted by molar-refractivity contribution is 5.94. The van der Waals surface area contributed by atoms with E-state index < -0.39 is 0 Å². The third kappa shape index (κ3) is 7.48. The number of anilines is 1. The Hall–Kier alpha value is -4.10. The summed E-state index contributed by atoms with van der Waals surface area (Å²) in [7, 11) is 2.70. The fourth-order valence-corrected chi connectivity index (χ4v) is 4.34. The highest BCUT2D eigenvalue weighted by atomic mass is 16.5. The van der Waals surface area contributed by atoms with Gasteiger partial charge < -0.3 is 29.3 Å². The normalized spacial score (nSPS) is 11.5. The van der Waals surface area contributed by atoms with Gasteiger partial charge in [0.2, 0.25) is 0 Å². The predicted molar refractivity (Wildman–Crippen MR) is 155 cm³/mol. The van der Waals surface area contributed by atoms with Crippen LogP contribution < -0.4 is 10.1 Å². The van der Waals surface area contributed by atoms with Crippen LogP contribution in [0.1, 0.15) is 53.6 Å². The third-order valence-corrected chi connectivity index (χ3v) is 6.53. The number of aldehydes is 1. The molecule has 4 rings (SSSR count). The number of fused-ring (bicyclic) bond motifs is 1. The molecule has 0 fully saturated rings. The van der Waals surface area contributed by atoms with Crippen LogP contribution >= 0.6 is 0 Å². The van der Waals surface area contributed by atoms with Crippen molar-refractivity contribution in [3.05, 3.63) is 95.2 Å². The first-order chi connectivity index (χ1) is 18.9. The Morgan fingerprint density at radius 1 is 1.05 bits per heavy atom. The summed E-state index contributed by atoms with van der Waals surface area (Å²) in [6.45, 7) is 7.30. The van der Waals surface area contributed by atoms with Crippen LogP contribution in [0.15, 0.2) is 77.2 Å². The van der Waals surface area contributed by atoms with Crippen LogP contribution in [0.25, 0.3) is 11.0 Å². The van der Waals surface area contributed by atoms with Crippen molar-refractivity contribution in [3.8, 4) is 5.75 Å². The topological polar surface area (TPSA) is 92.0 Å². The minimum Gasteiger partial charge on any atom is -0.489 e. The Bertz CT molecular complexity index is 1350. The quantitative estimate of drug-likeness (QED) is 0.218. The number of carbonyl (C=O) groups is 2. The zero-order chi connectivity index (χ0) is 28.4. The van der Waals surface area contributed by atoms with Crippen LogP contribution in [-0.2, 0) is 11.4 Å². The van der Waals surface area contributed by atoms with E-state index in [0.717, 1.165) is 52.7 Å². The monoisotopic (exact) mass is 530 g/mol. The summed E-state index contributed by atoms with van der Waals surface area (Å²) in [5.41, 5.74) is 4.51. The van der Waals surface area contributed by atoms with Crippen LogP contribution in [0.2, 0.25) is 0 Å². The largest absolute Gasteiger partial charge is 0.489 e. The van der Waals surface area contributed by atoms with E-state index in [2.05, 4.69) is 26.1 Å². The Labute approximate surface area is 230 Å². The van der Waals surface area contributed by atoms with Gasteiger partial charge in [-0.05, 0) is 60.9 Å². The van der Waals surface area contributed by atoms with Gasteiger partial charge in [0, 0.05) is 49.3 Å². The lowest BCUT2D eigenvalue weighted by Crippen LogP contribution is -2.27. The molecule has 0 saturated heterocycles. The standard InChI is InChI=1S/C31H34N2O4.CH4O/c1-21(2)29(32-25-13-11-24(12-14-25)31(35)33(4)17-8-18-34)30-22(3)27-19-26(15-16-28(27)37-30)36-20-23-9-6-5-7-10-23;1-2/h5-7,9-16,18-19,21,29,32H,8,17,20H2,1-4H3;2H,1H3. The minimum atomic E-state index is -0.104. The van der Waals surface area contributed by atoms with Crippen molar-refractivity contribution in [3.63, 3.8) is 0 Å². The van der Waals surface area contributed by atoms with E-state index in [1.807, 2.05) is 60.7 Å². The number of nitrogens with zero attached hydrogens (tertiary/aromatic N) is 1. The van der Waals surface area contributed by atoms with Crippen molar-refractivity contribution < 1.29 is 23.8 Å². The van der Waals surface area contributed by atoms with Crippen LogP contribution in [-0.4, -0.2) is 42.9 Å². The summed E-state index contributed by atoms with van der Waals surface area (Å²) < 4.78 is 12.4. The molecule has 1 aromatic heterocycles. The highest BCUT2D eigenvalue weighted by Gasteiger charge is 2.24. The molecular formula is C32H38N2O5.